The summed E-state index contributed by atoms with van der Waals surface area (Å²) in [5.41, 5.74) is -0.282. The smallest absolute Gasteiger partial charge is 0.183 e. The summed E-state index contributed by atoms with van der Waals surface area (Å²) in [5.74, 6) is 0.249. The van der Waals surface area contributed by atoms with Gasteiger partial charge < -0.3 is 9.47 Å². The van der Waals surface area contributed by atoms with E-state index in [1.54, 1.807) is 49.6 Å². The number of nitriles is 1. The minimum Gasteiger partial charge on any atom is -0.497 e. The number of benzene rings is 2. The van der Waals surface area contributed by atoms with Crippen molar-refractivity contribution in [3.63, 3.8) is 0 Å². The van der Waals surface area contributed by atoms with Crippen LogP contribution in [0.25, 0.3) is 0 Å². The van der Waals surface area contributed by atoms with Crippen LogP contribution in [0.5, 0.6) is 5.75 Å². The second-order valence-corrected chi connectivity index (χ2v) is 8.39. The largest absolute Gasteiger partial charge is 0.497 e. The first kappa shape index (κ1) is 18.4. The van der Waals surface area contributed by atoms with Gasteiger partial charge in [-0.25, -0.2) is 8.42 Å². The molecule has 136 valence electrons. The van der Waals surface area contributed by atoms with Gasteiger partial charge in [-0.15, -0.1) is 0 Å². The van der Waals surface area contributed by atoms with Gasteiger partial charge in [-0.3, -0.25) is 0 Å². The van der Waals surface area contributed by atoms with Gasteiger partial charge in [-0.05, 0) is 36.8 Å². The van der Waals surface area contributed by atoms with Crippen molar-refractivity contribution in [2.45, 2.75) is 23.0 Å². The zero-order chi connectivity index (χ0) is 18.8. The van der Waals surface area contributed by atoms with E-state index in [9.17, 15) is 13.7 Å². The molecule has 1 aliphatic rings. The Balaban J connectivity index is 2.04. The molecule has 0 radical (unpaired) electrons. The van der Waals surface area contributed by atoms with Gasteiger partial charge in [0.2, 0.25) is 0 Å². The van der Waals surface area contributed by atoms with E-state index in [2.05, 4.69) is 6.07 Å². The molecule has 3 atom stereocenters. The second kappa shape index (κ2) is 7.10. The zero-order valence-corrected chi connectivity index (χ0v) is 15.6. The molecule has 2 aromatic carbocycles. The van der Waals surface area contributed by atoms with Crippen molar-refractivity contribution in [2.75, 3.05) is 20.3 Å². The van der Waals surface area contributed by atoms with E-state index in [-0.39, 0.29) is 11.5 Å². The molecule has 5 nitrogen and oxygen atoms in total. The van der Waals surface area contributed by atoms with Crippen molar-refractivity contribution < 1.29 is 17.9 Å². The third-order valence-corrected chi connectivity index (χ3v) is 7.18. The minimum absolute atomic E-state index is 0.0907. The standard InChI is InChI=1S/C20H21NO4S/c1-3-25-14-20(13-21)18(15-9-11-16(24-2)12-10-15)19(20)26(22,23)17-7-5-4-6-8-17/h4-12,18-19H,3,14H2,1-2H3/t18-,19+,20+/m0/s1. The predicted molar refractivity (Wildman–Crippen MR) is 97.7 cm³/mol. The molecule has 0 N–H and O–H groups in total. The number of sulfone groups is 1. The van der Waals surface area contributed by atoms with Crippen LogP contribution in [0, 0.1) is 16.7 Å². The third-order valence-electron chi connectivity index (χ3n) is 4.89. The van der Waals surface area contributed by atoms with E-state index in [0.29, 0.717) is 12.4 Å². The maximum absolute atomic E-state index is 13.2. The SMILES string of the molecule is CCOC[C@@]1(C#N)[C@H](S(=O)(=O)c2ccccc2)[C@@H]1c1ccc(OC)cc1. The zero-order valence-electron chi connectivity index (χ0n) is 14.8. The van der Waals surface area contributed by atoms with E-state index in [0.717, 1.165) is 5.56 Å². The first-order chi connectivity index (χ1) is 12.5. The topological polar surface area (TPSA) is 76.4 Å². The van der Waals surface area contributed by atoms with Gasteiger partial charge in [-0.2, -0.15) is 5.26 Å². The molecule has 0 bridgehead atoms. The average Bonchev–Trinajstić information content (AvgIpc) is 3.37. The van der Waals surface area contributed by atoms with Crippen molar-refractivity contribution in [1.29, 1.82) is 5.26 Å². The molecule has 0 saturated heterocycles. The summed E-state index contributed by atoms with van der Waals surface area (Å²) in [6.07, 6.45) is 0. The van der Waals surface area contributed by atoms with Crippen LogP contribution in [-0.4, -0.2) is 34.0 Å². The summed E-state index contributed by atoms with van der Waals surface area (Å²) in [5, 5.41) is 9.05. The van der Waals surface area contributed by atoms with Gasteiger partial charge in [0.1, 0.15) is 11.2 Å². The first-order valence-corrected chi connectivity index (χ1v) is 9.97. The van der Waals surface area contributed by atoms with Crippen LogP contribution in [0.15, 0.2) is 59.5 Å². The molecule has 1 saturated carbocycles. The Bertz CT molecular complexity index is 903. The van der Waals surface area contributed by atoms with E-state index in [1.165, 1.54) is 0 Å². The Hall–Kier alpha value is -2.36. The van der Waals surface area contributed by atoms with Crippen LogP contribution in [0.3, 0.4) is 0 Å². The number of rotatable bonds is 7. The van der Waals surface area contributed by atoms with Crippen LogP contribution >= 0.6 is 0 Å². The normalized spacial score (nSPS) is 24.7. The van der Waals surface area contributed by atoms with Crippen LogP contribution < -0.4 is 4.74 Å². The lowest BCUT2D eigenvalue weighted by atomic mass is 10.0. The van der Waals surface area contributed by atoms with Crippen LogP contribution in [0.4, 0.5) is 0 Å². The van der Waals surface area contributed by atoms with Crippen molar-refractivity contribution in [3.8, 4) is 11.8 Å². The quantitative estimate of drug-likeness (QED) is 0.747. The van der Waals surface area contributed by atoms with Crippen LogP contribution in [0.2, 0.25) is 0 Å². The van der Waals surface area contributed by atoms with E-state index in [1.807, 2.05) is 19.1 Å². The highest BCUT2D eigenvalue weighted by Crippen LogP contribution is 2.64. The maximum atomic E-state index is 13.2. The monoisotopic (exact) mass is 371 g/mol. The maximum Gasteiger partial charge on any atom is 0.183 e. The highest BCUT2D eigenvalue weighted by Gasteiger charge is 2.72. The fourth-order valence-electron chi connectivity index (χ4n) is 3.51. The lowest BCUT2D eigenvalue weighted by molar-refractivity contribution is 0.117. The molecule has 1 fully saturated rings. The number of hydrogen-bond acceptors (Lipinski definition) is 5. The summed E-state index contributed by atoms with van der Waals surface area (Å²) in [4.78, 5) is 0.233. The predicted octanol–water partition coefficient (Wildman–Crippen LogP) is 3.18. The van der Waals surface area contributed by atoms with Crippen LogP contribution in [-0.2, 0) is 14.6 Å². The summed E-state index contributed by atoms with van der Waals surface area (Å²) >= 11 is 0. The molecular weight excluding hydrogens is 350 g/mol. The molecule has 6 heteroatoms. The number of ether oxygens (including phenoxy) is 2. The second-order valence-electron chi connectivity index (χ2n) is 6.32. The molecule has 3 rings (SSSR count). The molecule has 0 amide bonds. The van der Waals surface area contributed by atoms with Gasteiger partial charge in [0.05, 0.1) is 29.9 Å². The summed E-state index contributed by atoms with van der Waals surface area (Å²) < 4.78 is 37.1. The van der Waals surface area contributed by atoms with Gasteiger partial charge in [0.15, 0.2) is 9.84 Å². The molecule has 0 aliphatic heterocycles. The molecule has 0 aromatic heterocycles. The number of hydrogen-bond donors (Lipinski definition) is 0. The number of nitrogens with zero attached hydrogens (tertiary/aromatic N) is 1. The van der Waals surface area contributed by atoms with Gasteiger partial charge in [0.25, 0.3) is 0 Å². The molecular formula is C20H21NO4S. The lowest BCUT2D eigenvalue weighted by Gasteiger charge is -2.09. The molecule has 1 aliphatic carbocycles. The van der Waals surface area contributed by atoms with Crippen LogP contribution in [0.1, 0.15) is 18.4 Å². The Morgan fingerprint density at radius 1 is 1.12 bits per heavy atom. The summed E-state index contributed by atoms with van der Waals surface area (Å²) in [6, 6.07) is 17.7. The van der Waals surface area contributed by atoms with E-state index in [4.69, 9.17) is 9.47 Å². The van der Waals surface area contributed by atoms with Crippen molar-refractivity contribution in [3.05, 3.63) is 60.2 Å². The molecule has 0 spiro atoms. The van der Waals surface area contributed by atoms with Crippen molar-refractivity contribution >= 4 is 9.84 Å². The fraction of sp³-hybridized carbons (Fsp3) is 0.350. The molecule has 26 heavy (non-hydrogen) atoms. The summed E-state index contributed by atoms with van der Waals surface area (Å²) in [6.45, 7) is 2.35. The summed E-state index contributed by atoms with van der Waals surface area (Å²) in [7, 11) is -2.09. The highest BCUT2D eigenvalue weighted by molar-refractivity contribution is 7.92. The average molecular weight is 371 g/mol. The fourth-order valence-corrected chi connectivity index (χ4v) is 5.84. The van der Waals surface area contributed by atoms with Gasteiger partial charge in [-0.1, -0.05) is 30.3 Å². The number of methoxy groups -OCH3 is 1. The van der Waals surface area contributed by atoms with Crippen molar-refractivity contribution in [2.24, 2.45) is 5.41 Å². The Morgan fingerprint density at radius 3 is 2.31 bits per heavy atom. The minimum atomic E-state index is -3.66. The Kier molecular flexibility index (Phi) is 5.03. The van der Waals surface area contributed by atoms with Crippen molar-refractivity contribution in [1.82, 2.24) is 0 Å². The van der Waals surface area contributed by atoms with E-state index >= 15 is 0 Å². The Labute approximate surface area is 154 Å². The first-order valence-electron chi connectivity index (χ1n) is 8.43. The molecule has 0 heterocycles. The lowest BCUT2D eigenvalue weighted by Crippen LogP contribution is -2.19. The third kappa shape index (κ3) is 2.98. The van der Waals surface area contributed by atoms with Gasteiger partial charge >= 0.3 is 0 Å². The van der Waals surface area contributed by atoms with Gasteiger partial charge in [0, 0.05) is 12.5 Å². The highest BCUT2D eigenvalue weighted by atomic mass is 32.2. The molecule has 0 unspecified atom stereocenters. The Morgan fingerprint density at radius 2 is 1.77 bits per heavy atom. The molecule has 2 aromatic rings. The van der Waals surface area contributed by atoms with E-state index < -0.39 is 26.4 Å².